The summed E-state index contributed by atoms with van der Waals surface area (Å²) in [5.74, 6) is -0.0292. The molecule has 8 heteroatoms. The fourth-order valence-corrected chi connectivity index (χ4v) is 13.4. The van der Waals surface area contributed by atoms with Gasteiger partial charge in [0.15, 0.2) is 5.58 Å². The van der Waals surface area contributed by atoms with Gasteiger partial charge >= 0.3 is 0 Å². The van der Waals surface area contributed by atoms with Gasteiger partial charge in [-0.1, -0.05) is 165 Å². The Morgan fingerprint density at radius 2 is 0.779 bits per heavy atom. The summed E-state index contributed by atoms with van der Waals surface area (Å²) >= 11 is 0. The van der Waals surface area contributed by atoms with Gasteiger partial charge in [0.25, 0.3) is 0 Å². The topological polar surface area (TPSA) is 34.8 Å². The van der Waals surface area contributed by atoms with Gasteiger partial charge in [-0.3, -0.25) is 0 Å². The van der Waals surface area contributed by atoms with E-state index >= 15 is 17.6 Å². The van der Waals surface area contributed by atoms with Gasteiger partial charge in [0, 0.05) is 33.3 Å². The molecule has 4 nitrogen and oxygen atoms in total. The summed E-state index contributed by atoms with van der Waals surface area (Å²) in [5, 5.41) is 1.79. The summed E-state index contributed by atoms with van der Waals surface area (Å²) in [6.07, 6.45) is 3.53. The third-order valence-corrected chi connectivity index (χ3v) is 17.1. The first-order valence-electron chi connectivity index (χ1n) is 28.3. The van der Waals surface area contributed by atoms with Crippen LogP contribution >= 0.6 is 0 Å². The molecule has 1 aromatic heterocycles. The van der Waals surface area contributed by atoms with Gasteiger partial charge in [0.2, 0.25) is 0 Å². The lowest BCUT2D eigenvalue weighted by molar-refractivity contribution is 0.481. The fraction of sp³-hybridized carbons (Fsp3) is 0.0256. The van der Waals surface area contributed by atoms with Crippen LogP contribution in [0.5, 0.6) is 23.0 Å². The summed E-state index contributed by atoms with van der Waals surface area (Å²) in [6, 6.07) is 79.5. The largest absolute Gasteiger partial charge is 0.457 e. The SMILES string of the molecule is C=Cc1ccc(Oc2ccc(C3(c4cc(F)ccc4F)c4ccccc4-c4ccc(N(c5ccc6c(c5)C(c5ccc(Oc7ccc(C=C)cc7)cc5)(c5cc(F)ccc5F)c5ccccc5-6)c5cccc6c5oc5ccccc56)cc43)cc2)cc1. The molecular weight excluding hydrogens is 1070 g/mol. The minimum atomic E-state index is -1.43. The molecule has 1 heterocycles. The maximum atomic E-state index is 17.3. The first-order chi connectivity index (χ1) is 42.1. The lowest BCUT2D eigenvalue weighted by atomic mass is 9.67. The van der Waals surface area contributed by atoms with Gasteiger partial charge in [-0.15, -0.1) is 0 Å². The standard InChI is InChI=1S/C78H49F4NO3/c1-3-48-20-32-56(33-21-48)84-58-36-24-50(25-37-58)77(70-44-52(79)28-42-72(70)81)66-16-8-5-12-60(66)62-40-30-54(46-68(62)77)83(74-18-11-15-65-64-14-7-10-19-75(64)86-76(65)74)55-31-41-63-61-13-6-9-17-67(61)78(69(63)47-55,71-45-53(80)29-43-73(71)82)51-26-38-59(39-27-51)85-57-34-22-49(4-2)23-35-57/h3-47H,1-2H2. The third kappa shape index (κ3) is 8.12. The lowest BCUT2D eigenvalue weighted by Crippen LogP contribution is -2.30. The molecule has 2 unspecified atom stereocenters. The molecule has 15 rings (SSSR count). The van der Waals surface area contributed by atoms with Crippen molar-refractivity contribution in [1.82, 2.24) is 0 Å². The van der Waals surface area contributed by atoms with Gasteiger partial charge < -0.3 is 18.8 Å². The van der Waals surface area contributed by atoms with Gasteiger partial charge in [-0.25, -0.2) is 17.6 Å². The number of halogens is 4. The first-order valence-corrected chi connectivity index (χ1v) is 28.3. The number of rotatable bonds is 13. The summed E-state index contributed by atoms with van der Waals surface area (Å²) in [4.78, 5) is 2.11. The maximum Gasteiger partial charge on any atom is 0.159 e. The van der Waals surface area contributed by atoms with Crippen LogP contribution in [0.2, 0.25) is 0 Å². The van der Waals surface area contributed by atoms with Crippen LogP contribution in [0.4, 0.5) is 34.6 Å². The van der Waals surface area contributed by atoms with Gasteiger partial charge in [0.1, 0.15) is 51.8 Å². The second kappa shape index (κ2) is 20.4. The zero-order valence-electron chi connectivity index (χ0n) is 46.1. The molecule has 0 fully saturated rings. The molecule has 412 valence electrons. The van der Waals surface area contributed by atoms with Crippen molar-refractivity contribution in [3.63, 3.8) is 0 Å². The predicted molar refractivity (Wildman–Crippen MR) is 336 cm³/mol. The average molecular weight is 1120 g/mol. The van der Waals surface area contributed by atoms with Crippen LogP contribution in [0.15, 0.2) is 278 Å². The van der Waals surface area contributed by atoms with E-state index in [4.69, 9.17) is 13.9 Å². The van der Waals surface area contributed by atoms with Crippen molar-refractivity contribution in [3.8, 4) is 45.3 Å². The molecular formula is C78H49F4NO3. The van der Waals surface area contributed by atoms with Crippen molar-refractivity contribution < 1.29 is 31.5 Å². The molecule has 0 radical (unpaired) electrons. The van der Waals surface area contributed by atoms with Crippen molar-refractivity contribution >= 4 is 51.2 Å². The quantitative estimate of drug-likeness (QED) is 0.108. The van der Waals surface area contributed by atoms with Crippen LogP contribution in [-0.4, -0.2) is 0 Å². The Labute approximate surface area is 494 Å². The van der Waals surface area contributed by atoms with E-state index in [1.54, 1.807) is 12.2 Å². The van der Waals surface area contributed by atoms with E-state index in [0.29, 0.717) is 73.5 Å². The van der Waals surface area contributed by atoms with Crippen LogP contribution in [-0.2, 0) is 10.8 Å². The van der Waals surface area contributed by atoms with Crippen molar-refractivity contribution in [2.75, 3.05) is 4.90 Å². The van der Waals surface area contributed by atoms with E-state index in [1.807, 2.05) is 212 Å². The smallest absolute Gasteiger partial charge is 0.159 e. The highest BCUT2D eigenvalue weighted by Crippen LogP contribution is 2.61. The molecule has 12 aromatic carbocycles. The zero-order chi connectivity index (χ0) is 58.3. The predicted octanol–water partition coefficient (Wildman–Crippen LogP) is 21.2. The minimum Gasteiger partial charge on any atom is -0.457 e. The lowest BCUT2D eigenvalue weighted by Gasteiger charge is -2.36. The summed E-state index contributed by atoms with van der Waals surface area (Å²) in [5.41, 5.74) is 10.1. The molecule has 0 saturated heterocycles. The molecule has 0 spiro atoms. The molecule has 0 amide bonds. The number of benzene rings is 12. The summed E-state index contributed by atoms with van der Waals surface area (Å²) < 4.78 is 86.5. The molecule has 86 heavy (non-hydrogen) atoms. The van der Waals surface area contributed by atoms with Crippen LogP contribution in [0.25, 0.3) is 56.3 Å². The Kier molecular flexibility index (Phi) is 12.3. The average Bonchev–Trinajstić information content (AvgIpc) is 1.54. The summed E-state index contributed by atoms with van der Waals surface area (Å²) in [7, 11) is 0. The molecule has 2 aliphatic rings. The highest BCUT2D eigenvalue weighted by atomic mass is 19.1. The highest BCUT2D eigenvalue weighted by Gasteiger charge is 2.50. The van der Waals surface area contributed by atoms with Crippen molar-refractivity contribution in [2.24, 2.45) is 0 Å². The number of fused-ring (bicyclic) bond motifs is 9. The van der Waals surface area contributed by atoms with Gasteiger partial charge in [0.05, 0.1) is 16.5 Å². The van der Waals surface area contributed by atoms with E-state index in [1.165, 1.54) is 24.3 Å². The van der Waals surface area contributed by atoms with Gasteiger partial charge in [-0.05, 0) is 188 Å². The Morgan fingerprint density at radius 3 is 1.26 bits per heavy atom. The number of ether oxygens (including phenoxy) is 2. The number of para-hydroxylation sites is 2. The van der Waals surface area contributed by atoms with E-state index in [0.717, 1.165) is 67.4 Å². The van der Waals surface area contributed by atoms with Crippen molar-refractivity contribution in [2.45, 2.75) is 10.8 Å². The number of hydrogen-bond acceptors (Lipinski definition) is 4. The Morgan fingerprint density at radius 1 is 0.360 bits per heavy atom. The van der Waals surface area contributed by atoms with Crippen molar-refractivity contribution in [3.05, 3.63) is 353 Å². The Bertz CT molecular complexity index is 4610. The second-order valence-corrected chi connectivity index (χ2v) is 21.7. The van der Waals surface area contributed by atoms with Crippen LogP contribution < -0.4 is 14.4 Å². The first kappa shape index (κ1) is 51.9. The number of anilines is 3. The number of hydrogen-bond donors (Lipinski definition) is 0. The Balaban J connectivity index is 0.974. The van der Waals surface area contributed by atoms with E-state index in [9.17, 15) is 0 Å². The molecule has 2 aliphatic carbocycles. The van der Waals surface area contributed by atoms with E-state index < -0.39 is 34.1 Å². The summed E-state index contributed by atoms with van der Waals surface area (Å²) in [6.45, 7) is 7.75. The van der Waals surface area contributed by atoms with Crippen molar-refractivity contribution in [1.29, 1.82) is 0 Å². The molecule has 0 bridgehead atoms. The van der Waals surface area contributed by atoms with Crippen LogP contribution in [0.1, 0.15) is 55.6 Å². The van der Waals surface area contributed by atoms with Gasteiger partial charge in [-0.2, -0.15) is 0 Å². The molecule has 0 aliphatic heterocycles. The monoisotopic (exact) mass is 1120 g/mol. The third-order valence-electron chi connectivity index (χ3n) is 17.1. The molecule has 0 N–H and O–H groups in total. The fourth-order valence-electron chi connectivity index (χ4n) is 13.4. The molecule has 13 aromatic rings. The zero-order valence-corrected chi connectivity index (χ0v) is 46.1. The van der Waals surface area contributed by atoms with Crippen LogP contribution in [0, 0.1) is 23.3 Å². The van der Waals surface area contributed by atoms with Crippen LogP contribution in [0.3, 0.4) is 0 Å². The second-order valence-electron chi connectivity index (χ2n) is 21.7. The Hall–Kier alpha value is -11.0. The molecule has 0 saturated carbocycles. The molecule has 2 atom stereocenters. The minimum absolute atomic E-state index is 0.125. The van der Waals surface area contributed by atoms with E-state index in [-0.39, 0.29) is 11.1 Å². The number of furan rings is 1. The number of nitrogens with zero attached hydrogens (tertiary/aromatic N) is 1. The van der Waals surface area contributed by atoms with E-state index in [2.05, 4.69) is 30.2 Å². The highest BCUT2D eigenvalue weighted by molar-refractivity contribution is 6.10. The normalized spacial score (nSPS) is 15.4. The maximum absolute atomic E-state index is 17.3.